The number of aliphatic hydroxyl groups is 2. The van der Waals surface area contributed by atoms with E-state index in [4.69, 9.17) is 4.42 Å². The smallest absolute Gasteiger partial charge is 0.239 e. The second kappa shape index (κ2) is 14.6. The van der Waals surface area contributed by atoms with Crippen molar-refractivity contribution in [1.82, 2.24) is 20.4 Å². The van der Waals surface area contributed by atoms with Crippen molar-refractivity contribution in [2.45, 2.75) is 76.4 Å². The molecule has 3 aromatic carbocycles. The van der Waals surface area contributed by atoms with E-state index >= 15 is 0 Å². The van der Waals surface area contributed by atoms with E-state index in [0.717, 1.165) is 33.4 Å². The number of nitrogens with one attached hydrogen (secondary N) is 2. The summed E-state index contributed by atoms with van der Waals surface area (Å²) in [6.07, 6.45) is -0.387. The third-order valence-corrected chi connectivity index (χ3v) is 9.43. The van der Waals surface area contributed by atoms with Gasteiger partial charge in [0.05, 0.1) is 24.8 Å². The van der Waals surface area contributed by atoms with Gasteiger partial charge in [-0.05, 0) is 62.4 Å². The number of hydrogen-bond acceptors (Lipinski definition) is 7. The molecule has 0 radical (unpaired) electrons. The Kier molecular flexibility index (Phi) is 10.3. The van der Waals surface area contributed by atoms with Gasteiger partial charge in [-0.2, -0.15) is 0 Å². The molecule has 1 aliphatic heterocycles. The first kappa shape index (κ1) is 33.9. The van der Waals surface area contributed by atoms with E-state index in [2.05, 4.69) is 26.5 Å². The zero-order valence-electron chi connectivity index (χ0n) is 28.1. The minimum absolute atomic E-state index is 0.0866. The van der Waals surface area contributed by atoms with Crippen molar-refractivity contribution in [2.24, 2.45) is 5.92 Å². The molecule has 0 bridgehead atoms. The number of carbonyl (C=O) groups is 2. The molecule has 9 heteroatoms. The Balaban J connectivity index is 1.15. The molecular weight excluding hydrogens is 604 g/mol. The third kappa shape index (κ3) is 8.33. The number of carbonyl (C=O) groups excluding carboxylic acids is 2. The fourth-order valence-corrected chi connectivity index (χ4v) is 7.15. The molecule has 48 heavy (non-hydrogen) atoms. The van der Waals surface area contributed by atoms with Crippen LogP contribution in [-0.2, 0) is 29.0 Å². The SMILES string of the molecule is CC(C)(C)NC(=O)C1CN(Cc2cc3ccccc3o2)CCN1C[C@@H](O)C[C@@H](Cc1ccccc1)C(=O)NC1c2ccccc2C[C@H]1O. The molecule has 9 nitrogen and oxygen atoms in total. The van der Waals surface area contributed by atoms with Crippen LogP contribution in [0.5, 0.6) is 0 Å². The Bertz CT molecular complexity index is 1670. The Morgan fingerprint density at radius 3 is 2.48 bits per heavy atom. The van der Waals surface area contributed by atoms with Gasteiger partial charge >= 0.3 is 0 Å². The third-order valence-electron chi connectivity index (χ3n) is 9.43. The van der Waals surface area contributed by atoms with Crippen LogP contribution in [0, 0.1) is 5.92 Å². The standard InChI is InChI=1S/C39H48N4O5/c1-39(2,3)41-38(47)33-25-42(24-31-21-28-14-8-10-16-35(28)48-31)17-18-43(33)23-30(44)20-29(19-26-11-5-4-6-12-26)37(46)40-36-32-15-9-7-13-27(32)22-34(36)45/h4-16,21,29-30,33-34,36,44-45H,17-20,22-25H2,1-3H3,(H,40,46)(H,41,47)/t29-,30+,33?,34-,36?/m1/s1. The average Bonchev–Trinajstić information content (AvgIpc) is 3.60. The summed E-state index contributed by atoms with van der Waals surface area (Å²) in [5.41, 5.74) is 3.40. The molecule has 1 fully saturated rings. The minimum Gasteiger partial charge on any atom is -0.460 e. The summed E-state index contributed by atoms with van der Waals surface area (Å²) < 4.78 is 6.08. The number of aliphatic hydroxyl groups excluding tert-OH is 2. The van der Waals surface area contributed by atoms with E-state index in [0.29, 0.717) is 39.0 Å². The summed E-state index contributed by atoms with van der Waals surface area (Å²) in [4.78, 5) is 31.8. The summed E-state index contributed by atoms with van der Waals surface area (Å²) in [6, 6.07) is 26.6. The first-order valence-corrected chi connectivity index (χ1v) is 17.1. The second-order valence-electron chi connectivity index (χ2n) is 14.5. The molecule has 2 aliphatic rings. The van der Waals surface area contributed by atoms with Crippen molar-refractivity contribution in [3.63, 3.8) is 0 Å². The molecule has 4 aromatic rings. The average molecular weight is 653 g/mol. The normalized spacial score (nSPS) is 21.5. The van der Waals surface area contributed by atoms with Crippen molar-refractivity contribution < 1.29 is 24.2 Å². The fraction of sp³-hybridized carbons (Fsp3) is 0.436. The van der Waals surface area contributed by atoms with E-state index in [1.807, 2.05) is 99.6 Å². The molecule has 254 valence electrons. The summed E-state index contributed by atoms with van der Waals surface area (Å²) in [7, 11) is 0. The van der Waals surface area contributed by atoms with Gasteiger partial charge in [-0.15, -0.1) is 0 Å². The van der Waals surface area contributed by atoms with Gasteiger partial charge in [0.1, 0.15) is 17.4 Å². The fourth-order valence-electron chi connectivity index (χ4n) is 7.15. The van der Waals surface area contributed by atoms with Gasteiger partial charge in [-0.3, -0.25) is 19.4 Å². The van der Waals surface area contributed by atoms with Crippen LogP contribution in [0.25, 0.3) is 11.0 Å². The van der Waals surface area contributed by atoms with Crippen LogP contribution in [-0.4, -0.2) is 81.8 Å². The molecule has 1 saturated heterocycles. The van der Waals surface area contributed by atoms with Crippen molar-refractivity contribution >= 4 is 22.8 Å². The molecule has 4 N–H and O–H groups in total. The molecule has 2 heterocycles. The first-order chi connectivity index (χ1) is 23.0. The highest BCUT2D eigenvalue weighted by atomic mass is 16.3. The number of nitrogens with zero attached hydrogens (tertiary/aromatic N) is 2. The maximum atomic E-state index is 13.9. The number of fused-ring (bicyclic) bond motifs is 2. The van der Waals surface area contributed by atoms with Crippen molar-refractivity contribution in [3.05, 3.63) is 107 Å². The molecule has 6 rings (SSSR count). The van der Waals surface area contributed by atoms with Crippen LogP contribution in [0.1, 0.15) is 55.7 Å². The lowest BCUT2D eigenvalue weighted by Crippen LogP contribution is -2.61. The monoisotopic (exact) mass is 652 g/mol. The highest BCUT2D eigenvalue weighted by Crippen LogP contribution is 2.32. The minimum atomic E-state index is -0.850. The molecule has 2 amide bonds. The molecule has 0 spiro atoms. The second-order valence-corrected chi connectivity index (χ2v) is 14.5. The Morgan fingerprint density at radius 1 is 0.979 bits per heavy atom. The summed E-state index contributed by atoms with van der Waals surface area (Å²) >= 11 is 0. The van der Waals surface area contributed by atoms with Gasteiger partial charge in [-0.1, -0.05) is 72.8 Å². The maximum Gasteiger partial charge on any atom is 0.239 e. The van der Waals surface area contributed by atoms with Crippen LogP contribution in [0.4, 0.5) is 0 Å². The predicted octanol–water partition coefficient (Wildman–Crippen LogP) is 4.22. The number of benzene rings is 3. The molecule has 5 atom stereocenters. The molecule has 2 unspecified atom stereocenters. The number of hydrogen-bond donors (Lipinski definition) is 4. The van der Waals surface area contributed by atoms with Gasteiger partial charge in [0, 0.05) is 49.4 Å². The molecule has 1 aliphatic carbocycles. The number of piperazine rings is 1. The van der Waals surface area contributed by atoms with Crippen LogP contribution < -0.4 is 10.6 Å². The zero-order valence-corrected chi connectivity index (χ0v) is 28.1. The largest absolute Gasteiger partial charge is 0.460 e. The lowest BCUT2D eigenvalue weighted by Gasteiger charge is -2.42. The van der Waals surface area contributed by atoms with Gasteiger partial charge < -0.3 is 25.3 Å². The lowest BCUT2D eigenvalue weighted by molar-refractivity contribution is -0.132. The van der Waals surface area contributed by atoms with Crippen LogP contribution in [0.2, 0.25) is 0 Å². The van der Waals surface area contributed by atoms with Gasteiger partial charge in [-0.25, -0.2) is 0 Å². The lowest BCUT2D eigenvalue weighted by atomic mass is 9.91. The van der Waals surface area contributed by atoms with Crippen molar-refractivity contribution in [2.75, 3.05) is 26.2 Å². The van der Waals surface area contributed by atoms with Crippen molar-refractivity contribution in [1.29, 1.82) is 0 Å². The Labute approximate surface area is 282 Å². The predicted molar refractivity (Wildman–Crippen MR) is 186 cm³/mol. The number of amides is 2. The topological polar surface area (TPSA) is 118 Å². The first-order valence-electron chi connectivity index (χ1n) is 17.1. The van der Waals surface area contributed by atoms with Crippen LogP contribution in [0.3, 0.4) is 0 Å². The number of β-amino-alcohol motifs (C(OH)–C–C–N with tert-alkyl or cyclic N) is 1. The highest BCUT2D eigenvalue weighted by Gasteiger charge is 2.37. The van der Waals surface area contributed by atoms with E-state index in [-0.39, 0.29) is 24.8 Å². The summed E-state index contributed by atoms with van der Waals surface area (Å²) in [5.74, 6) is 0.0378. The van der Waals surface area contributed by atoms with Gasteiger partial charge in [0.15, 0.2) is 0 Å². The van der Waals surface area contributed by atoms with Crippen LogP contribution in [0.15, 0.2) is 89.3 Å². The Hall–Kier alpha value is -4.02. The van der Waals surface area contributed by atoms with Crippen molar-refractivity contribution in [3.8, 4) is 0 Å². The summed E-state index contributed by atoms with van der Waals surface area (Å²) in [5, 5.41) is 29.7. The van der Waals surface area contributed by atoms with Crippen LogP contribution >= 0.6 is 0 Å². The number of furan rings is 1. The molecular formula is C39H48N4O5. The summed E-state index contributed by atoms with van der Waals surface area (Å²) in [6.45, 7) is 8.51. The Morgan fingerprint density at radius 2 is 1.71 bits per heavy atom. The quantitative estimate of drug-likeness (QED) is 0.192. The van der Waals surface area contributed by atoms with E-state index in [1.54, 1.807) is 0 Å². The highest BCUT2D eigenvalue weighted by molar-refractivity contribution is 5.83. The maximum absolute atomic E-state index is 13.9. The number of para-hydroxylation sites is 1. The van der Waals surface area contributed by atoms with E-state index in [9.17, 15) is 19.8 Å². The number of rotatable bonds is 11. The van der Waals surface area contributed by atoms with Gasteiger partial charge in [0.25, 0.3) is 0 Å². The van der Waals surface area contributed by atoms with Gasteiger partial charge in [0.2, 0.25) is 11.8 Å². The molecule has 1 aromatic heterocycles. The van der Waals surface area contributed by atoms with E-state index in [1.165, 1.54) is 0 Å². The zero-order chi connectivity index (χ0) is 33.8. The van der Waals surface area contributed by atoms with E-state index < -0.39 is 35.7 Å². The molecule has 0 saturated carbocycles.